The van der Waals surface area contributed by atoms with E-state index in [1.54, 1.807) is 13.3 Å². The molecule has 7 heteroatoms. The summed E-state index contributed by atoms with van der Waals surface area (Å²) >= 11 is 13.3. The summed E-state index contributed by atoms with van der Waals surface area (Å²) in [6.07, 6.45) is 1.80. The summed E-state index contributed by atoms with van der Waals surface area (Å²) < 4.78 is 9.02. The van der Waals surface area contributed by atoms with Gasteiger partial charge >= 0.3 is 0 Å². The van der Waals surface area contributed by atoms with Crippen LogP contribution in [-0.2, 0) is 11.3 Å². The van der Waals surface area contributed by atoms with E-state index in [2.05, 4.69) is 42.3 Å². The van der Waals surface area contributed by atoms with Crippen LogP contribution in [0.4, 0.5) is 0 Å². The lowest BCUT2D eigenvalue weighted by Gasteiger charge is -2.21. The Labute approximate surface area is 146 Å². The molecule has 0 aliphatic carbocycles. The average molecular weight is 438 g/mol. The fraction of sp³-hybridized carbons (Fsp3) is 0.357. The highest BCUT2D eigenvalue weighted by molar-refractivity contribution is 9.10. The molecule has 0 aliphatic rings. The number of nitrogens with zero attached hydrogens (tertiary/aromatic N) is 2. The van der Waals surface area contributed by atoms with Crippen molar-refractivity contribution in [2.24, 2.45) is 0 Å². The third kappa shape index (κ3) is 3.87. The Kier molecular flexibility index (Phi) is 6.25. The maximum atomic E-state index is 6.14. The number of methoxy groups -OCH3 is 1. The zero-order valence-corrected chi connectivity index (χ0v) is 15.7. The topological polar surface area (TPSA) is 39.1 Å². The molecule has 2 rings (SSSR count). The van der Waals surface area contributed by atoms with E-state index in [4.69, 9.17) is 16.3 Å². The molecule has 0 spiro atoms. The summed E-state index contributed by atoms with van der Waals surface area (Å²) in [5.74, 6) is 0. The molecule has 0 fully saturated rings. The lowest BCUT2D eigenvalue weighted by atomic mass is 10.0. The van der Waals surface area contributed by atoms with Crippen LogP contribution in [-0.4, -0.2) is 30.5 Å². The Hall–Kier alpha value is -0.400. The summed E-state index contributed by atoms with van der Waals surface area (Å²) in [5, 5.41) is 8.43. The summed E-state index contributed by atoms with van der Waals surface area (Å²) in [7, 11) is 3.60. The molecule has 0 saturated carbocycles. The van der Waals surface area contributed by atoms with Gasteiger partial charge in [-0.2, -0.15) is 5.10 Å². The van der Waals surface area contributed by atoms with Crippen molar-refractivity contribution in [1.29, 1.82) is 0 Å². The van der Waals surface area contributed by atoms with Crippen molar-refractivity contribution in [3.8, 4) is 0 Å². The van der Waals surface area contributed by atoms with Crippen LogP contribution in [0, 0.1) is 0 Å². The highest BCUT2D eigenvalue weighted by atomic mass is 79.9. The number of ether oxygens (including phenoxy) is 1. The van der Waals surface area contributed by atoms with Gasteiger partial charge in [-0.15, -0.1) is 0 Å². The summed E-state index contributed by atoms with van der Waals surface area (Å²) in [6, 6.07) is 5.73. The van der Waals surface area contributed by atoms with Gasteiger partial charge in [-0.05, 0) is 46.7 Å². The van der Waals surface area contributed by atoms with Crippen molar-refractivity contribution in [3.05, 3.63) is 49.6 Å². The second kappa shape index (κ2) is 7.74. The van der Waals surface area contributed by atoms with E-state index in [-0.39, 0.29) is 6.04 Å². The largest absolute Gasteiger partial charge is 0.383 e. The SMILES string of the molecule is CNC(c1cc(Cl)ccc1Br)c1c(Br)cnn1CCOC. The van der Waals surface area contributed by atoms with Gasteiger partial charge in [0.05, 0.1) is 35.6 Å². The molecule has 21 heavy (non-hydrogen) atoms. The van der Waals surface area contributed by atoms with E-state index < -0.39 is 0 Å². The second-order valence-corrected chi connectivity index (χ2v) is 6.63. The Bertz CT molecular complexity index is 618. The number of hydrogen-bond acceptors (Lipinski definition) is 3. The number of aromatic nitrogens is 2. The van der Waals surface area contributed by atoms with Gasteiger partial charge in [-0.1, -0.05) is 27.5 Å². The third-order valence-corrected chi connectivity index (χ3v) is 4.74. The maximum Gasteiger partial charge on any atom is 0.0768 e. The summed E-state index contributed by atoms with van der Waals surface area (Å²) in [4.78, 5) is 0. The summed E-state index contributed by atoms with van der Waals surface area (Å²) in [5.41, 5.74) is 2.10. The van der Waals surface area contributed by atoms with Gasteiger partial charge in [-0.25, -0.2) is 0 Å². The molecule has 2 aromatic rings. The van der Waals surface area contributed by atoms with Crippen LogP contribution in [0.1, 0.15) is 17.3 Å². The number of benzene rings is 1. The predicted octanol–water partition coefficient (Wildman–Crippen LogP) is 4.02. The van der Waals surface area contributed by atoms with E-state index in [0.29, 0.717) is 18.2 Å². The first-order chi connectivity index (χ1) is 10.1. The van der Waals surface area contributed by atoms with Gasteiger partial charge < -0.3 is 10.1 Å². The molecular formula is C14H16Br2ClN3O. The van der Waals surface area contributed by atoms with E-state index in [0.717, 1.165) is 20.2 Å². The number of halogens is 3. The van der Waals surface area contributed by atoms with Crippen LogP contribution in [0.25, 0.3) is 0 Å². The van der Waals surface area contributed by atoms with Crippen LogP contribution in [0.15, 0.2) is 33.3 Å². The zero-order chi connectivity index (χ0) is 15.4. The average Bonchev–Trinajstić information content (AvgIpc) is 2.83. The molecular weight excluding hydrogens is 421 g/mol. The van der Waals surface area contributed by atoms with Crippen molar-refractivity contribution >= 4 is 43.5 Å². The van der Waals surface area contributed by atoms with Crippen LogP contribution in [0.3, 0.4) is 0 Å². The maximum absolute atomic E-state index is 6.14. The first-order valence-corrected chi connectivity index (χ1v) is 8.37. The molecule has 0 bridgehead atoms. The lowest BCUT2D eigenvalue weighted by Crippen LogP contribution is -2.23. The monoisotopic (exact) mass is 435 g/mol. The molecule has 1 N–H and O–H groups in total. The standard InChI is InChI=1S/C14H16Br2ClN3O/c1-18-13(10-7-9(17)3-4-11(10)15)14-12(16)8-19-20(14)5-6-21-2/h3-4,7-8,13,18H,5-6H2,1-2H3. The fourth-order valence-corrected chi connectivity index (χ4v) is 3.37. The molecule has 1 atom stereocenters. The third-order valence-electron chi connectivity index (χ3n) is 3.17. The van der Waals surface area contributed by atoms with Crippen molar-refractivity contribution in [3.63, 3.8) is 0 Å². The Balaban J connectivity index is 2.46. The molecule has 114 valence electrons. The van der Waals surface area contributed by atoms with Gasteiger partial charge in [0.2, 0.25) is 0 Å². The predicted molar refractivity (Wildman–Crippen MR) is 91.9 cm³/mol. The second-order valence-electron chi connectivity index (χ2n) is 4.48. The highest BCUT2D eigenvalue weighted by Crippen LogP contribution is 2.34. The van der Waals surface area contributed by atoms with Gasteiger partial charge in [0.25, 0.3) is 0 Å². The van der Waals surface area contributed by atoms with Gasteiger partial charge in [0, 0.05) is 16.6 Å². The Morgan fingerprint density at radius 3 is 2.81 bits per heavy atom. The first-order valence-electron chi connectivity index (χ1n) is 6.40. The van der Waals surface area contributed by atoms with Crippen LogP contribution in [0.5, 0.6) is 0 Å². The van der Waals surface area contributed by atoms with Crippen molar-refractivity contribution < 1.29 is 4.74 Å². The van der Waals surface area contributed by atoms with E-state index in [9.17, 15) is 0 Å². The quantitative estimate of drug-likeness (QED) is 0.742. The fourth-order valence-electron chi connectivity index (χ4n) is 2.19. The minimum Gasteiger partial charge on any atom is -0.383 e. The zero-order valence-electron chi connectivity index (χ0n) is 11.7. The number of hydrogen-bond donors (Lipinski definition) is 1. The van der Waals surface area contributed by atoms with Crippen molar-refractivity contribution in [2.75, 3.05) is 20.8 Å². The van der Waals surface area contributed by atoms with Crippen LogP contribution < -0.4 is 5.32 Å². The normalized spacial score (nSPS) is 12.6. The molecule has 1 aromatic carbocycles. The highest BCUT2D eigenvalue weighted by Gasteiger charge is 2.22. The first kappa shape index (κ1) is 17.0. The molecule has 1 aromatic heterocycles. The van der Waals surface area contributed by atoms with Crippen LogP contribution in [0.2, 0.25) is 5.02 Å². The van der Waals surface area contributed by atoms with E-state index in [1.807, 2.05) is 29.9 Å². The summed E-state index contributed by atoms with van der Waals surface area (Å²) in [6.45, 7) is 1.29. The molecule has 4 nitrogen and oxygen atoms in total. The molecule has 0 amide bonds. The minimum atomic E-state index is -0.0354. The smallest absolute Gasteiger partial charge is 0.0768 e. The Morgan fingerprint density at radius 2 is 2.14 bits per heavy atom. The molecule has 0 aliphatic heterocycles. The number of nitrogens with one attached hydrogen (secondary N) is 1. The molecule has 1 heterocycles. The number of rotatable bonds is 6. The molecule has 0 radical (unpaired) electrons. The van der Waals surface area contributed by atoms with Crippen molar-refractivity contribution in [1.82, 2.24) is 15.1 Å². The van der Waals surface area contributed by atoms with Crippen molar-refractivity contribution in [2.45, 2.75) is 12.6 Å². The van der Waals surface area contributed by atoms with Gasteiger partial charge in [0.1, 0.15) is 0 Å². The van der Waals surface area contributed by atoms with Crippen LogP contribution >= 0.6 is 43.5 Å². The Morgan fingerprint density at radius 1 is 1.38 bits per heavy atom. The van der Waals surface area contributed by atoms with E-state index >= 15 is 0 Å². The molecule has 0 saturated heterocycles. The molecule has 1 unspecified atom stereocenters. The minimum absolute atomic E-state index is 0.0354. The van der Waals surface area contributed by atoms with Gasteiger partial charge in [0.15, 0.2) is 0 Å². The van der Waals surface area contributed by atoms with Gasteiger partial charge in [-0.3, -0.25) is 4.68 Å². The van der Waals surface area contributed by atoms with E-state index in [1.165, 1.54) is 0 Å². The lowest BCUT2D eigenvalue weighted by molar-refractivity contribution is 0.182.